The molecular formula is C10H10F3IN2O3. The van der Waals surface area contributed by atoms with Gasteiger partial charge in [0.15, 0.2) is 5.75 Å². The second-order valence-corrected chi connectivity index (χ2v) is 4.31. The maximum absolute atomic E-state index is 12.2. The Morgan fingerprint density at radius 1 is 1.53 bits per heavy atom. The maximum atomic E-state index is 12.2. The molecule has 5 nitrogen and oxygen atoms in total. The van der Waals surface area contributed by atoms with Crippen LogP contribution in [-0.2, 0) is 11.3 Å². The van der Waals surface area contributed by atoms with Gasteiger partial charge >= 0.3 is 12.3 Å². The normalized spacial score (nSPS) is 11.3. The van der Waals surface area contributed by atoms with Crippen LogP contribution in [-0.4, -0.2) is 23.9 Å². The van der Waals surface area contributed by atoms with Crippen molar-refractivity contribution in [3.8, 4) is 5.75 Å². The Balaban J connectivity index is 3.25. The topological polar surface area (TPSA) is 74.4 Å². The van der Waals surface area contributed by atoms with Gasteiger partial charge in [-0.3, -0.25) is 4.98 Å². The van der Waals surface area contributed by atoms with Crippen molar-refractivity contribution in [3.05, 3.63) is 21.0 Å². The van der Waals surface area contributed by atoms with E-state index in [1.165, 1.54) is 0 Å². The number of nitrogens with two attached hydrogens (primary N) is 1. The summed E-state index contributed by atoms with van der Waals surface area (Å²) in [5, 5.41) is 0. The number of hydrogen-bond donors (Lipinski definition) is 1. The first kappa shape index (κ1) is 16.0. The monoisotopic (exact) mass is 390 g/mol. The van der Waals surface area contributed by atoms with E-state index in [0.717, 1.165) is 6.20 Å². The zero-order valence-electron chi connectivity index (χ0n) is 9.75. The van der Waals surface area contributed by atoms with E-state index >= 15 is 0 Å². The molecule has 0 amide bonds. The Bertz CT molecular complexity index is 480. The Hall–Kier alpha value is -1.10. The van der Waals surface area contributed by atoms with E-state index in [0.29, 0.717) is 0 Å². The van der Waals surface area contributed by atoms with Crippen molar-refractivity contribution >= 4 is 28.6 Å². The predicted molar refractivity (Wildman–Crippen MR) is 67.5 cm³/mol. The molecule has 9 heteroatoms. The lowest BCUT2D eigenvalue weighted by atomic mass is 10.2. The largest absolute Gasteiger partial charge is 0.573 e. The lowest BCUT2D eigenvalue weighted by Gasteiger charge is -2.14. The summed E-state index contributed by atoms with van der Waals surface area (Å²) >= 11 is 1.56. The fourth-order valence-corrected chi connectivity index (χ4v) is 2.05. The number of alkyl halides is 3. The lowest BCUT2D eigenvalue weighted by Crippen LogP contribution is -2.21. The molecule has 19 heavy (non-hydrogen) atoms. The van der Waals surface area contributed by atoms with E-state index < -0.39 is 18.1 Å². The van der Waals surface area contributed by atoms with Crippen LogP contribution >= 0.6 is 22.6 Å². The molecule has 0 atom stereocenters. The quantitative estimate of drug-likeness (QED) is 0.631. The molecule has 0 saturated heterocycles. The van der Waals surface area contributed by atoms with Crippen molar-refractivity contribution in [1.82, 2.24) is 4.98 Å². The van der Waals surface area contributed by atoms with Crippen LogP contribution in [0.25, 0.3) is 0 Å². The van der Waals surface area contributed by atoms with Gasteiger partial charge in [-0.1, -0.05) is 0 Å². The van der Waals surface area contributed by atoms with Crippen LogP contribution in [0.15, 0.2) is 6.20 Å². The highest BCUT2D eigenvalue weighted by molar-refractivity contribution is 14.1. The smallest absolute Gasteiger partial charge is 0.462 e. The van der Waals surface area contributed by atoms with Crippen LogP contribution in [0.3, 0.4) is 0 Å². The standard InChI is InChI=1S/C10H10F3IN2O3/c1-2-18-9(17)7-5(3-15)16-4-6(8(7)14)19-10(11,12)13/h4H,2-3,15H2,1H3. The molecule has 1 aromatic rings. The number of carbonyl (C=O) groups excluding carboxylic acids is 1. The fraction of sp³-hybridized carbons (Fsp3) is 0.400. The zero-order chi connectivity index (χ0) is 14.6. The molecule has 0 aliphatic rings. The molecule has 0 bridgehead atoms. The molecule has 0 aromatic carbocycles. The number of hydrogen-bond acceptors (Lipinski definition) is 5. The first-order valence-electron chi connectivity index (χ1n) is 5.10. The van der Waals surface area contributed by atoms with E-state index in [2.05, 4.69) is 9.72 Å². The number of pyridine rings is 1. The minimum atomic E-state index is -4.86. The Kier molecular flexibility index (Phi) is 5.35. The molecule has 1 rings (SSSR count). The fourth-order valence-electron chi connectivity index (χ4n) is 1.27. The Labute approximate surface area is 120 Å². The van der Waals surface area contributed by atoms with Gasteiger partial charge in [-0.25, -0.2) is 4.79 Å². The average molecular weight is 390 g/mol. The highest BCUT2D eigenvalue weighted by Crippen LogP contribution is 2.30. The number of halogens is 4. The lowest BCUT2D eigenvalue weighted by molar-refractivity contribution is -0.275. The van der Waals surface area contributed by atoms with Crippen molar-refractivity contribution < 1.29 is 27.4 Å². The van der Waals surface area contributed by atoms with Crippen molar-refractivity contribution in [2.24, 2.45) is 5.73 Å². The van der Waals surface area contributed by atoms with Crippen LogP contribution in [0.2, 0.25) is 0 Å². The number of nitrogens with zero attached hydrogens (tertiary/aromatic N) is 1. The summed E-state index contributed by atoms with van der Waals surface area (Å²) in [4.78, 5) is 15.4. The molecule has 106 valence electrons. The van der Waals surface area contributed by atoms with Gasteiger partial charge in [0.1, 0.15) is 0 Å². The number of esters is 1. The van der Waals surface area contributed by atoms with Gasteiger partial charge < -0.3 is 15.2 Å². The van der Waals surface area contributed by atoms with Crippen LogP contribution in [0.4, 0.5) is 13.2 Å². The molecule has 2 N–H and O–H groups in total. The van der Waals surface area contributed by atoms with Gasteiger partial charge in [-0.2, -0.15) is 0 Å². The highest BCUT2D eigenvalue weighted by atomic mass is 127. The first-order chi connectivity index (χ1) is 8.80. The summed E-state index contributed by atoms with van der Waals surface area (Å²) in [6, 6.07) is 0. The van der Waals surface area contributed by atoms with Crippen molar-refractivity contribution in [3.63, 3.8) is 0 Å². The Morgan fingerprint density at radius 2 is 2.16 bits per heavy atom. The molecular weight excluding hydrogens is 380 g/mol. The number of aromatic nitrogens is 1. The maximum Gasteiger partial charge on any atom is 0.573 e. The van der Waals surface area contributed by atoms with Crippen molar-refractivity contribution in [2.45, 2.75) is 19.8 Å². The summed E-state index contributed by atoms with van der Waals surface area (Å²) in [6.07, 6.45) is -3.99. The summed E-state index contributed by atoms with van der Waals surface area (Å²) in [5.74, 6) is -1.35. The highest BCUT2D eigenvalue weighted by Gasteiger charge is 2.33. The van der Waals surface area contributed by atoms with E-state index in [-0.39, 0.29) is 28.0 Å². The zero-order valence-corrected chi connectivity index (χ0v) is 11.9. The number of rotatable bonds is 4. The summed E-state index contributed by atoms with van der Waals surface area (Å²) < 4.78 is 45.1. The third-order valence-electron chi connectivity index (χ3n) is 1.96. The molecule has 0 aliphatic carbocycles. The average Bonchev–Trinajstić information content (AvgIpc) is 2.30. The minimum absolute atomic E-state index is 0.0381. The third kappa shape index (κ3) is 4.20. The van der Waals surface area contributed by atoms with E-state index in [1.807, 2.05) is 0 Å². The van der Waals surface area contributed by atoms with Gasteiger partial charge in [-0.05, 0) is 29.5 Å². The van der Waals surface area contributed by atoms with Gasteiger partial charge in [0.05, 0.1) is 27.6 Å². The molecule has 1 aromatic heterocycles. The van der Waals surface area contributed by atoms with E-state index in [1.54, 1.807) is 29.5 Å². The second-order valence-electron chi connectivity index (χ2n) is 3.23. The molecule has 0 saturated carbocycles. The third-order valence-corrected chi connectivity index (χ3v) is 3.03. The summed E-state index contributed by atoms with van der Waals surface area (Å²) in [7, 11) is 0. The van der Waals surface area contributed by atoms with Crippen LogP contribution in [0.5, 0.6) is 5.75 Å². The van der Waals surface area contributed by atoms with Gasteiger partial charge in [0.25, 0.3) is 0 Å². The van der Waals surface area contributed by atoms with Crippen LogP contribution < -0.4 is 10.5 Å². The molecule has 0 fully saturated rings. The van der Waals surface area contributed by atoms with Gasteiger partial charge in [0, 0.05) is 6.54 Å². The summed E-state index contributed by atoms with van der Waals surface area (Å²) in [6.45, 7) is 1.57. The molecule has 0 radical (unpaired) electrons. The van der Waals surface area contributed by atoms with Crippen molar-refractivity contribution in [2.75, 3.05) is 6.61 Å². The first-order valence-corrected chi connectivity index (χ1v) is 6.18. The van der Waals surface area contributed by atoms with Gasteiger partial charge in [0.2, 0.25) is 0 Å². The molecule has 0 unspecified atom stereocenters. The van der Waals surface area contributed by atoms with Gasteiger partial charge in [-0.15, -0.1) is 13.2 Å². The Morgan fingerprint density at radius 3 is 2.63 bits per heavy atom. The van der Waals surface area contributed by atoms with E-state index in [9.17, 15) is 18.0 Å². The van der Waals surface area contributed by atoms with Crippen LogP contribution in [0.1, 0.15) is 23.0 Å². The SMILES string of the molecule is CCOC(=O)c1c(CN)ncc(OC(F)(F)F)c1I. The predicted octanol–water partition coefficient (Wildman–Crippen LogP) is 2.22. The van der Waals surface area contributed by atoms with Crippen molar-refractivity contribution in [1.29, 1.82) is 0 Å². The number of carbonyl (C=O) groups is 1. The van der Waals surface area contributed by atoms with E-state index in [4.69, 9.17) is 10.5 Å². The van der Waals surface area contributed by atoms with Crippen LogP contribution in [0, 0.1) is 3.57 Å². The number of ether oxygens (including phenoxy) is 2. The minimum Gasteiger partial charge on any atom is -0.462 e. The second kappa shape index (κ2) is 6.37. The molecule has 0 aliphatic heterocycles. The molecule has 0 spiro atoms. The molecule has 1 heterocycles. The summed E-state index contributed by atoms with van der Waals surface area (Å²) in [5.41, 5.74) is 5.44.